The molecule has 0 atom stereocenters. The van der Waals surface area contributed by atoms with Crippen LogP contribution < -0.4 is 9.47 Å². The monoisotopic (exact) mass is 554 g/mol. The van der Waals surface area contributed by atoms with Gasteiger partial charge in [0.2, 0.25) is 0 Å². The number of carbonyl (C=O) groups is 1. The summed E-state index contributed by atoms with van der Waals surface area (Å²) in [5.74, 6) is 1.09. The number of oxime groups is 1. The first kappa shape index (κ1) is 24.4. The molecule has 1 fully saturated rings. The van der Waals surface area contributed by atoms with Crippen LogP contribution in [0.15, 0.2) is 41.6 Å². The quantitative estimate of drug-likeness (QED) is 0.206. The van der Waals surface area contributed by atoms with E-state index in [1.807, 2.05) is 12.1 Å². The summed E-state index contributed by atoms with van der Waals surface area (Å²) in [4.78, 5) is 18.6. The number of piperidine rings is 1. The summed E-state index contributed by atoms with van der Waals surface area (Å²) < 4.78 is 25.4. The molecule has 0 N–H and O–H groups in total. The van der Waals surface area contributed by atoms with Crippen molar-refractivity contribution in [2.75, 3.05) is 33.9 Å². The van der Waals surface area contributed by atoms with Gasteiger partial charge in [-0.2, -0.15) is 0 Å². The fourth-order valence-electron chi connectivity index (χ4n) is 3.92. The van der Waals surface area contributed by atoms with Gasteiger partial charge in [-0.25, -0.2) is 9.18 Å². The molecule has 0 aliphatic carbocycles. The summed E-state index contributed by atoms with van der Waals surface area (Å²) >= 11 is 2.24. The molecule has 1 saturated heterocycles. The number of carbonyl (C=O) groups excluding carboxylic acids is 1. The maximum absolute atomic E-state index is 13.4. The van der Waals surface area contributed by atoms with Crippen LogP contribution >= 0.6 is 22.6 Å². The van der Waals surface area contributed by atoms with Crippen molar-refractivity contribution in [1.29, 1.82) is 0 Å². The van der Waals surface area contributed by atoms with E-state index in [9.17, 15) is 9.18 Å². The van der Waals surface area contributed by atoms with Crippen LogP contribution in [0.1, 0.15) is 30.9 Å². The van der Waals surface area contributed by atoms with Crippen LogP contribution in [0.2, 0.25) is 0 Å². The van der Waals surface area contributed by atoms with Crippen LogP contribution in [-0.4, -0.2) is 50.4 Å². The van der Waals surface area contributed by atoms with Crippen LogP contribution in [0, 0.1) is 15.3 Å². The molecule has 0 spiro atoms. The first-order valence-electron chi connectivity index (χ1n) is 10.6. The molecule has 0 bridgehead atoms. The molecule has 172 valence electrons. The van der Waals surface area contributed by atoms with Crippen molar-refractivity contribution in [1.82, 2.24) is 4.90 Å². The summed E-state index contributed by atoms with van der Waals surface area (Å²) in [6.07, 6.45) is 2.61. The molecule has 2 aromatic carbocycles. The summed E-state index contributed by atoms with van der Waals surface area (Å²) in [6.45, 7) is 4.02. The lowest BCUT2D eigenvalue weighted by atomic mass is 9.88. The van der Waals surface area contributed by atoms with Gasteiger partial charge in [-0.3, -0.25) is 0 Å². The maximum Gasteiger partial charge on any atom is 0.331 e. The van der Waals surface area contributed by atoms with Gasteiger partial charge in [-0.1, -0.05) is 17.3 Å². The van der Waals surface area contributed by atoms with Gasteiger partial charge in [-0.05, 0) is 90.3 Å². The Morgan fingerprint density at radius 3 is 2.38 bits per heavy atom. The molecule has 0 amide bonds. The third kappa shape index (κ3) is 6.41. The van der Waals surface area contributed by atoms with Crippen LogP contribution in [0.4, 0.5) is 4.39 Å². The molecule has 1 aliphatic heterocycles. The molecule has 6 nitrogen and oxygen atoms in total. The minimum Gasteiger partial charge on any atom is -0.496 e. The van der Waals surface area contributed by atoms with E-state index in [1.165, 1.54) is 19.1 Å². The molecule has 8 heteroatoms. The van der Waals surface area contributed by atoms with E-state index in [0.29, 0.717) is 5.71 Å². The summed E-state index contributed by atoms with van der Waals surface area (Å²) in [5.41, 5.74) is 2.60. The van der Waals surface area contributed by atoms with E-state index < -0.39 is 5.97 Å². The highest BCUT2D eigenvalue weighted by molar-refractivity contribution is 14.1. The van der Waals surface area contributed by atoms with Crippen molar-refractivity contribution < 1.29 is 23.5 Å². The third-order valence-electron chi connectivity index (χ3n) is 5.64. The van der Waals surface area contributed by atoms with Gasteiger partial charge >= 0.3 is 5.97 Å². The molecule has 0 saturated carbocycles. The van der Waals surface area contributed by atoms with Gasteiger partial charge in [-0.15, -0.1) is 0 Å². The standard InChI is InChI=1S/C24H28FIN2O4/c1-16(29)32-27-24(17-4-6-20(25)7-5-17)18-8-11-28(12-9-18)13-10-19-14-23(31-3)21(26)15-22(19)30-2/h4-7,14-15,18H,8-13H2,1-3H3/b27-24-. The topological polar surface area (TPSA) is 60.4 Å². The Hall–Kier alpha value is -2.20. The Labute approximate surface area is 201 Å². The van der Waals surface area contributed by atoms with Crippen LogP contribution in [0.5, 0.6) is 11.5 Å². The average molecular weight is 554 g/mol. The first-order valence-corrected chi connectivity index (χ1v) is 11.6. The fraction of sp³-hybridized carbons (Fsp3) is 0.417. The minimum atomic E-state index is -0.469. The Morgan fingerprint density at radius 1 is 1.12 bits per heavy atom. The molecular weight excluding hydrogens is 526 g/mol. The number of methoxy groups -OCH3 is 2. The molecule has 1 aliphatic rings. The van der Waals surface area contributed by atoms with Crippen molar-refractivity contribution in [3.63, 3.8) is 0 Å². The second-order valence-corrected chi connectivity index (χ2v) is 8.89. The predicted octanol–water partition coefficient (Wildman–Crippen LogP) is 4.67. The number of likely N-dealkylation sites (tertiary alicyclic amines) is 1. The van der Waals surface area contributed by atoms with E-state index in [4.69, 9.17) is 14.3 Å². The molecule has 0 aromatic heterocycles. The van der Waals surface area contributed by atoms with Gasteiger partial charge in [0.15, 0.2) is 0 Å². The zero-order valence-corrected chi connectivity index (χ0v) is 20.7. The van der Waals surface area contributed by atoms with Crippen molar-refractivity contribution in [3.05, 3.63) is 56.9 Å². The van der Waals surface area contributed by atoms with Gasteiger partial charge in [0.25, 0.3) is 0 Å². The number of nitrogens with zero attached hydrogens (tertiary/aromatic N) is 2. The smallest absolute Gasteiger partial charge is 0.331 e. The normalized spacial score (nSPS) is 15.5. The summed E-state index contributed by atoms with van der Waals surface area (Å²) in [7, 11) is 3.36. The van der Waals surface area contributed by atoms with Gasteiger partial charge in [0.05, 0.1) is 23.5 Å². The summed E-state index contributed by atoms with van der Waals surface area (Å²) in [6, 6.07) is 10.2. The number of rotatable bonds is 8. The number of ether oxygens (including phenoxy) is 2. The second kappa shape index (κ2) is 11.6. The Kier molecular flexibility index (Phi) is 8.86. The van der Waals surface area contributed by atoms with Crippen molar-refractivity contribution in [2.24, 2.45) is 11.1 Å². The number of hydrogen-bond donors (Lipinski definition) is 0. The van der Waals surface area contributed by atoms with Crippen molar-refractivity contribution in [2.45, 2.75) is 26.2 Å². The van der Waals surface area contributed by atoms with Crippen LogP contribution in [0.3, 0.4) is 0 Å². The Balaban J connectivity index is 1.64. The second-order valence-electron chi connectivity index (χ2n) is 7.73. The SMILES string of the molecule is COc1cc(CCN2CCC(/C(=N\OC(C)=O)c3ccc(F)cc3)CC2)c(OC)cc1I. The minimum absolute atomic E-state index is 0.143. The average Bonchev–Trinajstić information content (AvgIpc) is 2.79. The number of halogens is 2. The first-order chi connectivity index (χ1) is 15.4. The molecule has 3 rings (SSSR count). The van der Waals surface area contributed by atoms with Gasteiger partial charge < -0.3 is 19.2 Å². The molecular formula is C24H28FIN2O4. The predicted molar refractivity (Wildman–Crippen MR) is 130 cm³/mol. The molecule has 0 unspecified atom stereocenters. The van der Waals surface area contributed by atoms with E-state index in [0.717, 1.165) is 65.1 Å². The van der Waals surface area contributed by atoms with E-state index >= 15 is 0 Å². The zero-order chi connectivity index (χ0) is 23.1. The molecule has 0 radical (unpaired) electrons. The number of benzene rings is 2. The lowest BCUT2D eigenvalue weighted by Crippen LogP contribution is -2.37. The summed E-state index contributed by atoms with van der Waals surface area (Å²) in [5, 5.41) is 4.11. The number of hydrogen-bond acceptors (Lipinski definition) is 6. The van der Waals surface area contributed by atoms with E-state index in [1.54, 1.807) is 26.4 Å². The lowest BCUT2D eigenvalue weighted by Gasteiger charge is -2.32. The van der Waals surface area contributed by atoms with Crippen LogP contribution in [-0.2, 0) is 16.1 Å². The lowest BCUT2D eigenvalue weighted by molar-refractivity contribution is -0.141. The van der Waals surface area contributed by atoms with Crippen LogP contribution in [0.25, 0.3) is 0 Å². The molecule has 2 aromatic rings. The highest BCUT2D eigenvalue weighted by Crippen LogP contribution is 2.31. The molecule has 1 heterocycles. The highest BCUT2D eigenvalue weighted by Gasteiger charge is 2.25. The maximum atomic E-state index is 13.4. The van der Waals surface area contributed by atoms with E-state index in [-0.39, 0.29) is 11.7 Å². The largest absolute Gasteiger partial charge is 0.496 e. The third-order valence-corrected chi connectivity index (χ3v) is 6.48. The van der Waals surface area contributed by atoms with Gasteiger partial charge in [0.1, 0.15) is 17.3 Å². The van der Waals surface area contributed by atoms with Gasteiger partial charge in [0, 0.05) is 19.4 Å². The van der Waals surface area contributed by atoms with Crippen molar-refractivity contribution in [3.8, 4) is 11.5 Å². The van der Waals surface area contributed by atoms with Crippen molar-refractivity contribution >= 4 is 34.3 Å². The Morgan fingerprint density at radius 2 is 1.78 bits per heavy atom. The van der Waals surface area contributed by atoms with E-state index in [2.05, 4.69) is 32.6 Å². The highest BCUT2D eigenvalue weighted by atomic mass is 127. The Bertz CT molecular complexity index is 957. The fourth-order valence-corrected chi connectivity index (χ4v) is 4.58. The molecule has 32 heavy (non-hydrogen) atoms. The zero-order valence-electron chi connectivity index (χ0n) is 18.6.